The van der Waals surface area contributed by atoms with Crippen molar-refractivity contribution in [3.63, 3.8) is 0 Å². The van der Waals surface area contributed by atoms with Gasteiger partial charge in [0.15, 0.2) is 0 Å². The number of carbonyl (C=O) groups is 1. The standard InChI is InChI=1S/C27H38O3/c1-21(2)9-6-10-22(3)11-7-12-23(4)13-8-14-24(5)19-20-30-27(29)25-15-17-26(28)18-16-25/h9,11,13,15-19,28H,6-8,10,12,14,20H2,1-5H3. The van der Waals surface area contributed by atoms with Crippen molar-refractivity contribution >= 4 is 5.97 Å². The maximum atomic E-state index is 11.9. The fourth-order valence-electron chi connectivity index (χ4n) is 2.93. The molecule has 164 valence electrons. The van der Waals surface area contributed by atoms with E-state index in [1.807, 2.05) is 6.08 Å². The first kappa shape index (κ1) is 25.5. The van der Waals surface area contributed by atoms with Gasteiger partial charge < -0.3 is 9.84 Å². The van der Waals surface area contributed by atoms with Crippen molar-refractivity contribution < 1.29 is 14.6 Å². The molecule has 1 rings (SSSR count). The number of aromatic hydroxyl groups is 1. The van der Waals surface area contributed by atoms with Gasteiger partial charge in [-0.1, -0.05) is 40.5 Å². The monoisotopic (exact) mass is 410 g/mol. The van der Waals surface area contributed by atoms with Crippen LogP contribution in [0.2, 0.25) is 0 Å². The molecule has 0 fully saturated rings. The zero-order valence-electron chi connectivity index (χ0n) is 19.3. The predicted molar refractivity (Wildman–Crippen MR) is 127 cm³/mol. The molecule has 0 spiro atoms. The average Bonchev–Trinajstić information content (AvgIpc) is 2.68. The molecule has 0 atom stereocenters. The lowest BCUT2D eigenvalue weighted by atomic mass is 10.0. The molecule has 3 heteroatoms. The number of hydrogen-bond acceptors (Lipinski definition) is 3. The van der Waals surface area contributed by atoms with Crippen LogP contribution >= 0.6 is 0 Å². The Kier molecular flexibility index (Phi) is 12.3. The van der Waals surface area contributed by atoms with E-state index in [0.29, 0.717) is 5.56 Å². The summed E-state index contributed by atoms with van der Waals surface area (Å²) in [6.07, 6.45) is 15.4. The average molecular weight is 411 g/mol. The summed E-state index contributed by atoms with van der Waals surface area (Å²) in [5.41, 5.74) is 5.95. The third-order valence-corrected chi connectivity index (χ3v) is 4.90. The van der Waals surface area contributed by atoms with Crippen molar-refractivity contribution in [1.29, 1.82) is 0 Å². The summed E-state index contributed by atoms with van der Waals surface area (Å²) in [5.74, 6) is -0.241. The highest BCUT2D eigenvalue weighted by Gasteiger charge is 2.05. The second kappa shape index (κ2) is 14.4. The maximum absolute atomic E-state index is 11.9. The molecule has 1 N–H and O–H groups in total. The van der Waals surface area contributed by atoms with Crippen LogP contribution in [-0.4, -0.2) is 17.7 Å². The molecule has 0 aliphatic rings. The third kappa shape index (κ3) is 12.1. The number of benzene rings is 1. The normalized spacial score (nSPS) is 12.6. The molecule has 1 aromatic rings. The van der Waals surface area contributed by atoms with Crippen LogP contribution in [0.1, 0.15) is 83.5 Å². The van der Waals surface area contributed by atoms with Crippen LogP contribution in [0, 0.1) is 0 Å². The minimum Gasteiger partial charge on any atom is -0.508 e. The highest BCUT2D eigenvalue weighted by atomic mass is 16.5. The molecule has 0 bridgehead atoms. The molecule has 0 aliphatic heterocycles. The van der Waals surface area contributed by atoms with E-state index in [0.717, 1.165) is 38.5 Å². The van der Waals surface area contributed by atoms with Crippen molar-refractivity contribution in [2.45, 2.75) is 73.1 Å². The lowest BCUT2D eigenvalue weighted by Gasteiger charge is -2.04. The molecule has 0 saturated heterocycles. The molecule has 0 aromatic heterocycles. The number of allylic oxidation sites excluding steroid dienone is 7. The van der Waals surface area contributed by atoms with Gasteiger partial charge in [0.05, 0.1) is 5.56 Å². The van der Waals surface area contributed by atoms with E-state index < -0.39 is 0 Å². The van der Waals surface area contributed by atoms with E-state index in [1.54, 1.807) is 12.1 Å². The molecular formula is C27H38O3. The molecule has 0 radical (unpaired) electrons. The van der Waals surface area contributed by atoms with E-state index in [2.05, 4.69) is 52.8 Å². The summed E-state index contributed by atoms with van der Waals surface area (Å²) in [5, 5.41) is 9.26. The van der Waals surface area contributed by atoms with Crippen LogP contribution in [0.15, 0.2) is 70.9 Å². The second-order valence-electron chi connectivity index (χ2n) is 8.19. The molecule has 1 aromatic carbocycles. The minimum atomic E-state index is -0.376. The van der Waals surface area contributed by atoms with E-state index in [1.165, 1.54) is 34.4 Å². The molecule has 0 unspecified atom stereocenters. The Morgan fingerprint density at radius 1 is 0.767 bits per heavy atom. The molecule has 30 heavy (non-hydrogen) atoms. The smallest absolute Gasteiger partial charge is 0.338 e. The Hall–Kier alpha value is -2.55. The van der Waals surface area contributed by atoms with Gasteiger partial charge in [-0.3, -0.25) is 0 Å². The zero-order valence-corrected chi connectivity index (χ0v) is 19.3. The topological polar surface area (TPSA) is 46.5 Å². The molecule has 0 heterocycles. The van der Waals surface area contributed by atoms with Crippen LogP contribution in [0.25, 0.3) is 0 Å². The number of carbonyl (C=O) groups excluding carboxylic acids is 1. The fraction of sp³-hybridized carbons (Fsp3) is 0.444. The molecule has 0 saturated carbocycles. The first-order valence-corrected chi connectivity index (χ1v) is 10.8. The Morgan fingerprint density at radius 3 is 1.73 bits per heavy atom. The summed E-state index contributed by atoms with van der Waals surface area (Å²) < 4.78 is 5.26. The van der Waals surface area contributed by atoms with Gasteiger partial charge >= 0.3 is 5.97 Å². The molecule has 3 nitrogen and oxygen atoms in total. The minimum absolute atomic E-state index is 0.135. The highest BCUT2D eigenvalue weighted by Crippen LogP contribution is 2.14. The summed E-state index contributed by atoms with van der Waals surface area (Å²) in [7, 11) is 0. The van der Waals surface area contributed by atoms with Gasteiger partial charge in [-0.2, -0.15) is 0 Å². The lowest BCUT2D eigenvalue weighted by Crippen LogP contribution is -2.05. The number of rotatable bonds is 12. The Labute approximate surface area is 182 Å². The first-order valence-electron chi connectivity index (χ1n) is 10.8. The van der Waals surface area contributed by atoms with Gasteiger partial charge in [0.2, 0.25) is 0 Å². The van der Waals surface area contributed by atoms with E-state index >= 15 is 0 Å². The first-order chi connectivity index (χ1) is 14.3. The van der Waals surface area contributed by atoms with Crippen LogP contribution < -0.4 is 0 Å². The Bertz CT molecular complexity index is 773. The quantitative estimate of drug-likeness (QED) is 0.284. The largest absolute Gasteiger partial charge is 0.508 e. The van der Waals surface area contributed by atoms with Gasteiger partial charge in [-0.15, -0.1) is 0 Å². The highest BCUT2D eigenvalue weighted by molar-refractivity contribution is 5.89. The number of esters is 1. The summed E-state index contributed by atoms with van der Waals surface area (Å²) in [4.78, 5) is 11.9. The number of phenolic OH excluding ortho intramolecular Hbond substituents is 1. The van der Waals surface area contributed by atoms with Gasteiger partial charge in [0.25, 0.3) is 0 Å². The summed E-state index contributed by atoms with van der Waals surface area (Å²) in [6.45, 7) is 11.1. The molecule has 0 amide bonds. The number of phenols is 1. The van der Waals surface area contributed by atoms with E-state index in [9.17, 15) is 9.90 Å². The predicted octanol–water partition coefficient (Wildman–Crippen LogP) is 7.69. The second-order valence-corrected chi connectivity index (χ2v) is 8.19. The SMILES string of the molecule is CC(C)=CCCC(C)=CCCC(C)=CCCC(C)=CCOC(=O)c1ccc(O)cc1. The van der Waals surface area contributed by atoms with E-state index in [4.69, 9.17) is 4.74 Å². The van der Waals surface area contributed by atoms with Crippen molar-refractivity contribution in [3.05, 3.63) is 76.4 Å². The van der Waals surface area contributed by atoms with Gasteiger partial charge in [-0.25, -0.2) is 4.79 Å². The maximum Gasteiger partial charge on any atom is 0.338 e. The van der Waals surface area contributed by atoms with Gasteiger partial charge in [-0.05, 0) is 103 Å². The van der Waals surface area contributed by atoms with Crippen molar-refractivity contribution in [3.8, 4) is 5.75 Å². The lowest BCUT2D eigenvalue weighted by molar-refractivity contribution is 0.0549. The van der Waals surface area contributed by atoms with Crippen molar-refractivity contribution in [1.82, 2.24) is 0 Å². The zero-order chi connectivity index (χ0) is 22.4. The molecule has 0 aliphatic carbocycles. The van der Waals surface area contributed by atoms with E-state index in [-0.39, 0.29) is 18.3 Å². The van der Waals surface area contributed by atoms with Gasteiger partial charge in [0.1, 0.15) is 12.4 Å². The summed E-state index contributed by atoms with van der Waals surface area (Å²) >= 11 is 0. The van der Waals surface area contributed by atoms with Crippen molar-refractivity contribution in [2.24, 2.45) is 0 Å². The third-order valence-electron chi connectivity index (χ3n) is 4.90. The fourth-order valence-corrected chi connectivity index (χ4v) is 2.93. The molecular weight excluding hydrogens is 372 g/mol. The Morgan fingerprint density at radius 2 is 1.23 bits per heavy atom. The van der Waals surface area contributed by atoms with Crippen LogP contribution in [0.3, 0.4) is 0 Å². The summed E-state index contributed by atoms with van der Waals surface area (Å²) in [6, 6.07) is 6.07. The van der Waals surface area contributed by atoms with Crippen LogP contribution in [0.5, 0.6) is 5.75 Å². The van der Waals surface area contributed by atoms with Crippen LogP contribution in [0.4, 0.5) is 0 Å². The van der Waals surface area contributed by atoms with Gasteiger partial charge in [0, 0.05) is 0 Å². The Balaban J connectivity index is 2.26. The number of hydrogen-bond donors (Lipinski definition) is 1. The van der Waals surface area contributed by atoms with Crippen molar-refractivity contribution in [2.75, 3.05) is 6.61 Å². The number of ether oxygens (including phenoxy) is 1. The van der Waals surface area contributed by atoms with Crippen LogP contribution in [-0.2, 0) is 4.74 Å².